The van der Waals surface area contributed by atoms with E-state index in [1.54, 1.807) is 12.4 Å². The third kappa shape index (κ3) is 4.78. The Morgan fingerprint density at radius 1 is 1.03 bits per heavy atom. The van der Waals surface area contributed by atoms with Crippen molar-refractivity contribution < 1.29 is 9.59 Å². The number of carbonyl (C=O) groups is 2. The number of benzene rings is 1. The summed E-state index contributed by atoms with van der Waals surface area (Å²) in [6.45, 7) is 5.72. The van der Waals surface area contributed by atoms with Crippen LogP contribution >= 0.6 is 11.6 Å². The second-order valence-electron chi connectivity index (χ2n) is 11.1. The van der Waals surface area contributed by atoms with Gasteiger partial charge in [0, 0.05) is 69.1 Å². The molecule has 0 spiro atoms. The van der Waals surface area contributed by atoms with Crippen molar-refractivity contribution in [2.75, 3.05) is 46.3 Å². The van der Waals surface area contributed by atoms with Crippen LogP contribution in [0.15, 0.2) is 36.7 Å². The van der Waals surface area contributed by atoms with Gasteiger partial charge in [-0.2, -0.15) is 9.78 Å². The topological polar surface area (TPSA) is 64.9 Å². The minimum absolute atomic E-state index is 0.0211. The lowest BCUT2D eigenvalue weighted by molar-refractivity contribution is 0.0627. The number of carbonyl (C=O) groups excluding carboxylic acids is 2. The molecule has 2 aliphatic carbocycles. The Morgan fingerprint density at radius 3 is 2.39 bits per heavy atom. The summed E-state index contributed by atoms with van der Waals surface area (Å²) in [7, 11) is 2.17. The maximum Gasteiger partial charge on any atom is 0.344 e. The van der Waals surface area contributed by atoms with Crippen LogP contribution in [-0.4, -0.2) is 99.7 Å². The summed E-state index contributed by atoms with van der Waals surface area (Å²) in [6, 6.07) is 9.15. The van der Waals surface area contributed by atoms with Crippen LogP contribution in [-0.2, 0) is 6.54 Å². The number of rotatable bonds is 5. The van der Waals surface area contributed by atoms with E-state index < -0.39 is 0 Å². The molecule has 3 atom stereocenters. The SMILES string of the molecule is CN(Cc1ccccc1Cl)C1C[C@@H]2CN(C(=O)n3cc(C(=O)N4CCN(C5CC5)CC4)cn3)C[C@@H]2C1. The summed E-state index contributed by atoms with van der Waals surface area (Å²) in [6.07, 6.45) is 7.92. The Morgan fingerprint density at radius 2 is 1.72 bits per heavy atom. The summed E-state index contributed by atoms with van der Waals surface area (Å²) >= 11 is 6.36. The van der Waals surface area contributed by atoms with Crippen molar-refractivity contribution in [2.45, 2.75) is 44.3 Å². The zero-order valence-electron chi connectivity index (χ0n) is 20.9. The van der Waals surface area contributed by atoms with E-state index in [4.69, 9.17) is 11.6 Å². The van der Waals surface area contributed by atoms with E-state index in [9.17, 15) is 9.59 Å². The molecule has 0 N–H and O–H groups in total. The van der Waals surface area contributed by atoms with Gasteiger partial charge in [-0.25, -0.2) is 4.79 Å². The van der Waals surface area contributed by atoms with Gasteiger partial charge < -0.3 is 9.80 Å². The van der Waals surface area contributed by atoms with Gasteiger partial charge in [-0.3, -0.25) is 14.6 Å². The minimum atomic E-state index is -0.122. The highest BCUT2D eigenvalue weighted by molar-refractivity contribution is 6.31. The van der Waals surface area contributed by atoms with E-state index in [0.717, 1.165) is 75.3 Å². The Labute approximate surface area is 217 Å². The second kappa shape index (κ2) is 9.80. The maximum absolute atomic E-state index is 13.2. The first-order chi connectivity index (χ1) is 17.5. The van der Waals surface area contributed by atoms with Crippen LogP contribution in [0.2, 0.25) is 5.02 Å². The highest BCUT2D eigenvalue weighted by Gasteiger charge is 2.44. The molecule has 2 aromatic rings. The molecule has 6 rings (SSSR count). The molecule has 0 bridgehead atoms. The highest BCUT2D eigenvalue weighted by Crippen LogP contribution is 2.40. The molecule has 0 radical (unpaired) electrons. The molecule has 1 aromatic heterocycles. The number of aromatic nitrogens is 2. The van der Waals surface area contributed by atoms with Gasteiger partial charge >= 0.3 is 6.03 Å². The average Bonchev–Trinajstić information content (AvgIpc) is 3.29. The summed E-state index contributed by atoms with van der Waals surface area (Å²) in [4.78, 5) is 34.9. The van der Waals surface area contributed by atoms with Gasteiger partial charge in [0.25, 0.3) is 5.91 Å². The quantitative estimate of drug-likeness (QED) is 0.617. The summed E-state index contributed by atoms with van der Waals surface area (Å²) in [5.41, 5.74) is 1.66. The van der Waals surface area contributed by atoms with Gasteiger partial charge in [0.1, 0.15) is 0 Å². The molecule has 4 fully saturated rings. The monoisotopic (exact) mass is 510 g/mol. The maximum atomic E-state index is 13.2. The van der Waals surface area contributed by atoms with Crippen LogP contribution in [0.3, 0.4) is 0 Å². The summed E-state index contributed by atoms with van der Waals surface area (Å²) in [5, 5.41) is 5.09. The van der Waals surface area contributed by atoms with Crippen molar-refractivity contribution in [3.8, 4) is 0 Å². The number of hydrogen-bond donors (Lipinski definition) is 0. The van der Waals surface area contributed by atoms with Gasteiger partial charge in [-0.1, -0.05) is 29.8 Å². The molecule has 9 heteroatoms. The number of halogens is 1. The van der Waals surface area contributed by atoms with Gasteiger partial charge in [-0.05, 0) is 56.2 Å². The molecule has 2 amide bonds. The smallest absolute Gasteiger partial charge is 0.336 e. The van der Waals surface area contributed by atoms with Crippen LogP contribution in [0.4, 0.5) is 4.79 Å². The molecular formula is C27H35ClN6O2. The van der Waals surface area contributed by atoms with E-state index in [0.29, 0.717) is 23.4 Å². The zero-order chi connectivity index (χ0) is 24.8. The Bertz CT molecular complexity index is 1110. The van der Waals surface area contributed by atoms with E-state index in [-0.39, 0.29) is 11.9 Å². The third-order valence-electron chi connectivity index (χ3n) is 8.69. The van der Waals surface area contributed by atoms with E-state index in [1.165, 1.54) is 17.5 Å². The standard InChI is InChI=1S/C27H35ClN6O2/c1-30(15-19-4-2-3-5-25(19)28)24-12-20-16-33(17-21(20)13-24)27(36)34-18-22(14-29-34)26(35)32-10-8-31(9-11-32)23-6-7-23/h2-5,14,18,20-21,23-24H,6-13,15-17H2,1H3/t20-,21+,24?. The van der Waals surface area contributed by atoms with Gasteiger partial charge in [0.15, 0.2) is 0 Å². The van der Waals surface area contributed by atoms with E-state index in [2.05, 4.69) is 28.0 Å². The lowest BCUT2D eigenvalue weighted by Gasteiger charge is -2.34. The number of hydrogen-bond acceptors (Lipinski definition) is 5. The Balaban J connectivity index is 1.01. The van der Waals surface area contributed by atoms with Crippen molar-refractivity contribution in [2.24, 2.45) is 11.8 Å². The van der Waals surface area contributed by atoms with Crippen molar-refractivity contribution in [3.05, 3.63) is 52.8 Å². The summed E-state index contributed by atoms with van der Waals surface area (Å²) in [5.74, 6) is 0.992. The number of amides is 2. The van der Waals surface area contributed by atoms with Crippen LogP contribution < -0.4 is 0 Å². The number of piperazine rings is 1. The molecule has 1 aromatic carbocycles. The molecule has 3 heterocycles. The first-order valence-electron chi connectivity index (χ1n) is 13.3. The summed E-state index contributed by atoms with van der Waals surface area (Å²) < 4.78 is 1.36. The first-order valence-corrected chi connectivity index (χ1v) is 13.6. The van der Waals surface area contributed by atoms with E-state index >= 15 is 0 Å². The van der Waals surface area contributed by atoms with Crippen LogP contribution in [0.1, 0.15) is 41.6 Å². The van der Waals surface area contributed by atoms with E-state index in [1.807, 2.05) is 28.0 Å². The van der Waals surface area contributed by atoms with Crippen LogP contribution in [0, 0.1) is 11.8 Å². The fourth-order valence-electron chi connectivity index (χ4n) is 6.40. The highest BCUT2D eigenvalue weighted by atomic mass is 35.5. The molecule has 2 saturated carbocycles. The number of likely N-dealkylation sites (tertiary alicyclic amines) is 1. The van der Waals surface area contributed by atoms with Crippen LogP contribution in [0.25, 0.3) is 0 Å². The van der Waals surface area contributed by atoms with Gasteiger partial charge in [-0.15, -0.1) is 0 Å². The lowest BCUT2D eigenvalue weighted by atomic mass is 10.0. The fourth-order valence-corrected chi connectivity index (χ4v) is 6.60. The Hall–Kier alpha value is -2.42. The average molecular weight is 511 g/mol. The zero-order valence-corrected chi connectivity index (χ0v) is 21.7. The first kappa shape index (κ1) is 23.9. The second-order valence-corrected chi connectivity index (χ2v) is 11.5. The normalized spacial score (nSPS) is 26.6. The van der Waals surface area contributed by atoms with Crippen molar-refractivity contribution in [1.82, 2.24) is 29.4 Å². The number of nitrogens with zero attached hydrogens (tertiary/aromatic N) is 6. The fraction of sp³-hybridized carbons (Fsp3) is 0.593. The number of fused-ring (bicyclic) bond motifs is 1. The molecule has 192 valence electrons. The molecule has 8 nitrogen and oxygen atoms in total. The Kier molecular flexibility index (Phi) is 6.52. The molecular weight excluding hydrogens is 476 g/mol. The molecule has 2 aliphatic heterocycles. The molecule has 36 heavy (non-hydrogen) atoms. The van der Waals surface area contributed by atoms with Crippen molar-refractivity contribution in [3.63, 3.8) is 0 Å². The molecule has 1 unspecified atom stereocenters. The predicted molar refractivity (Wildman–Crippen MR) is 138 cm³/mol. The van der Waals surface area contributed by atoms with Crippen LogP contribution in [0.5, 0.6) is 0 Å². The van der Waals surface area contributed by atoms with Gasteiger partial charge in [0.05, 0.1) is 11.8 Å². The molecule has 4 aliphatic rings. The lowest BCUT2D eigenvalue weighted by Crippen LogP contribution is -2.49. The largest absolute Gasteiger partial charge is 0.344 e. The third-order valence-corrected chi connectivity index (χ3v) is 9.06. The van der Waals surface area contributed by atoms with Crippen molar-refractivity contribution >= 4 is 23.5 Å². The predicted octanol–water partition coefficient (Wildman–Crippen LogP) is 3.27. The minimum Gasteiger partial charge on any atom is -0.336 e. The van der Waals surface area contributed by atoms with Crippen molar-refractivity contribution in [1.29, 1.82) is 0 Å². The molecule has 2 saturated heterocycles. The van der Waals surface area contributed by atoms with Gasteiger partial charge in [0.2, 0.25) is 0 Å².